The topological polar surface area (TPSA) is 158 Å². The second kappa shape index (κ2) is 16.7. The molecule has 0 saturated carbocycles. The highest BCUT2D eigenvalue weighted by Gasteiger charge is 2.40. The summed E-state index contributed by atoms with van der Waals surface area (Å²) in [6.45, 7) is 2.21. The Bertz CT molecular complexity index is 2080. The minimum atomic E-state index is -0.981. The standard InChI is InChI=1S/C40H40N6O7S/c1-25-34(24-54-39-42-43-44-45(39)2)52-38(53-36(25)30-13-11-26(22-47)12-14-30)31-17-15-29(16-18-31)32-10-6-9-28(19-32)21-46-35(48)20-33(37(46)49)41-40(50)51-23-27-7-4-3-5-8-27/h3-19,25,33-34,36,38,47H,20-24H2,1-2H3,(H,41,50)/t25-,33?,34+,36+,38+/m0/s1. The fourth-order valence-electron chi connectivity index (χ4n) is 6.54. The molecule has 0 spiro atoms. The zero-order valence-corrected chi connectivity index (χ0v) is 30.6. The van der Waals surface area contributed by atoms with Gasteiger partial charge in [-0.05, 0) is 49.9 Å². The van der Waals surface area contributed by atoms with E-state index in [9.17, 15) is 19.5 Å². The number of benzene rings is 4. The number of thioether (sulfide) groups is 1. The van der Waals surface area contributed by atoms with Gasteiger partial charge in [0.25, 0.3) is 5.91 Å². The molecule has 1 unspecified atom stereocenters. The van der Waals surface area contributed by atoms with E-state index in [1.807, 2.05) is 103 Å². The Morgan fingerprint density at radius 2 is 1.65 bits per heavy atom. The number of likely N-dealkylation sites (tertiary alicyclic amines) is 1. The van der Waals surface area contributed by atoms with Gasteiger partial charge < -0.3 is 24.6 Å². The fourth-order valence-corrected chi connectivity index (χ4v) is 7.56. The van der Waals surface area contributed by atoms with Crippen LogP contribution in [0.5, 0.6) is 0 Å². The van der Waals surface area contributed by atoms with E-state index in [-0.39, 0.29) is 50.2 Å². The summed E-state index contributed by atoms with van der Waals surface area (Å²) >= 11 is 1.52. The molecule has 0 aliphatic carbocycles. The summed E-state index contributed by atoms with van der Waals surface area (Å²) in [7, 11) is 1.80. The third-order valence-electron chi connectivity index (χ3n) is 9.61. The molecule has 2 aliphatic heterocycles. The number of rotatable bonds is 12. The van der Waals surface area contributed by atoms with Gasteiger partial charge in [-0.25, -0.2) is 9.48 Å². The summed E-state index contributed by atoms with van der Waals surface area (Å²) in [5, 5.41) is 24.6. The van der Waals surface area contributed by atoms with Crippen molar-refractivity contribution in [1.82, 2.24) is 30.4 Å². The van der Waals surface area contributed by atoms with Crippen molar-refractivity contribution in [3.8, 4) is 11.1 Å². The first kappa shape index (κ1) is 36.9. The van der Waals surface area contributed by atoms with Crippen molar-refractivity contribution in [3.05, 3.63) is 131 Å². The normalized spacial score (nSPS) is 21.3. The van der Waals surface area contributed by atoms with E-state index in [1.165, 1.54) is 16.7 Å². The van der Waals surface area contributed by atoms with Gasteiger partial charge in [0.2, 0.25) is 11.1 Å². The molecule has 1 aromatic heterocycles. The maximum absolute atomic E-state index is 13.2. The van der Waals surface area contributed by atoms with Gasteiger partial charge in [-0.15, -0.1) is 5.10 Å². The van der Waals surface area contributed by atoms with Gasteiger partial charge in [0.05, 0.1) is 31.8 Å². The number of hydrogen-bond donors (Lipinski definition) is 2. The van der Waals surface area contributed by atoms with Crippen LogP contribution in [0, 0.1) is 5.92 Å². The minimum absolute atomic E-state index is 0.00539. The van der Waals surface area contributed by atoms with Crippen molar-refractivity contribution in [2.24, 2.45) is 13.0 Å². The lowest BCUT2D eigenvalue weighted by Gasteiger charge is -2.41. The highest BCUT2D eigenvalue weighted by molar-refractivity contribution is 7.99. The van der Waals surface area contributed by atoms with Crippen molar-refractivity contribution in [2.75, 3.05) is 5.75 Å². The molecule has 0 radical (unpaired) electrons. The molecule has 2 aliphatic rings. The van der Waals surface area contributed by atoms with Crippen molar-refractivity contribution < 1.29 is 33.7 Å². The number of aliphatic hydroxyl groups excluding tert-OH is 1. The van der Waals surface area contributed by atoms with E-state index in [4.69, 9.17) is 14.2 Å². The number of tetrazole rings is 1. The summed E-state index contributed by atoms with van der Waals surface area (Å²) in [4.78, 5) is 39.6. The van der Waals surface area contributed by atoms with Crippen LogP contribution >= 0.6 is 11.8 Å². The molecule has 2 N–H and O–H groups in total. The number of aromatic nitrogens is 4. The van der Waals surface area contributed by atoms with Crippen LogP contribution in [-0.4, -0.2) is 66.0 Å². The molecule has 4 aromatic carbocycles. The smallest absolute Gasteiger partial charge is 0.408 e. The first-order valence-corrected chi connectivity index (χ1v) is 18.6. The quantitative estimate of drug-likeness (QED) is 0.123. The first-order chi connectivity index (χ1) is 26.2. The molecule has 54 heavy (non-hydrogen) atoms. The Balaban J connectivity index is 1.01. The monoisotopic (exact) mass is 748 g/mol. The average Bonchev–Trinajstić information content (AvgIpc) is 3.73. The SMILES string of the molecule is C[C@H]1[C@@H](CSc2nnnn2C)O[C@@H](c2ccc(-c3cccc(CN4C(=O)CC(NC(=O)OCc5ccccc5)C4=O)c3)cc2)O[C@H]1c1ccc(CO)cc1. The van der Waals surface area contributed by atoms with E-state index >= 15 is 0 Å². The zero-order chi connectivity index (χ0) is 37.6. The van der Waals surface area contributed by atoms with Gasteiger partial charge in [0, 0.05) is 24.3 Å². The molecule has 3 amide bonds. The van der Waals surface area contributed by atoms with Crippen LogP contribution in [0.25, 0.3) is 11.1 Å². The van der Waals surface area contributed by atoms with Gasteiger partial charge in [-0.2, -0.15) is 0 Å². The number of aliphatic hydroxyl groups is 1. The predicted molar refractivity (Wildman–Crippen MR) is 198 cm³/mol. The van der Waals surface area contributed by atoms with E-state index in [1.54, 1.807) is 11.7 Å². The van der Waals surface area contributed by atoms with Crippen molar-refractivity contribution in [1.29, 1.82) is 0 Å². The van der Waals surface area contributed by atoms with Crippen LogP contribution in [0.2, 0.25) is 0 Å². The highest BCUT2D eigenvalue weighted by Crippen LogP contribution is 2.43. The van der Waals surface area contributed by atoms with Gasteiger partial charge in [-0.3, -0.25) is 14.5 Å². The Morgan fingerprint density at radius 3 is 2.37 bits per heavy atom. The second-order valence-corrected chi connectivity index (χ2v) is 14.3. The number of carbonyl (C=O) groups is 3. The van der Waals surface area contributed by atoms with Crippen molar-refractivity contribution >= 4 is 29.7 Å². The Morgan fingerprint density at radius 1 is 0.907 bits per heavy atom. The van der Waals surface area contributed by atoms with Crippen LogP contribution < -0.4 is 5.32 Å². The van der Waals surface area contributed by atoms with Crippen LogP contribution in [0.15, 0.2) is 108 Å². The third-order valence-corrected chi connectivity index (χ3v) is 10.7. The van der Waals surface area contributed by atoms with Crippen LogP contribution in [0.4, 0.5) is 4.79 Å². The fraction of sp³-hybridized carbons (Fsp3) is 0.300. The molecule has 7 rings (SSSR count). The Kier molecular flexibility index (Phi) is 11.4. The third kappa shape index (κ3) is 8.52. The van der Waals surface area contributed by atoms with E-state index < -0.39 is 24.3 Å². The van der Waals surface area contributed by atoms with E-state index in [0.717, 1.165) is 38.9 Å². The lowest BCUT2D eigenvalue weighted by atomic mass is 9.91. The Hall–Kier alpha value is -5.41. The van der Waals surface area contributed by atoms with Crippen LogP contribution in [-0.2, 0) is 50.6 Å². The minimum Gasteiger partial charge on any atom is -0.445 e. The van der Waals surface area contributed by atoms with Gasteiger partial charge >= 0.3 is 6.09 Å². The number of imide groups is 1. The number of nitrogens with zero attached hydrogens (tertiary/aromatic N) is 5. The van der Waals surface area contributed by atoms with Crippen molar-refractivity contribution in [2.45, 2.75) is 62.8 Å². The number of carbonyl (C=O) groups excluding carboxylic acids is 3. The number of ether oxygens (including phenoxy) is 3. The van der Waals surface area contributed by atoms with Crippen LogP contribution in [0.3, 0.4) is 0 Å². The molecule has 3 heterocycles. The van der Waals surface area contributed by atoms with Gasteiger partial charge in [0.1, 0.15) is 12.6 Å². The number of alkyl carbamates (subject to hydrolysis) is 1. The molecular formula is C40H40N6O7S. The second-order valence-electron chi connectivity index (χ2n) is 13.3. The number of aryl methyl sites for hydroxylation is 1. The molecule has 5 aromatic rings. The number of nitrogens with one attached hydrogen (secondary N) is 1. The lowest BCUT2D eigenvalue weighted by Crippen LogP contribution is -2.41. The average molecular weight is 749 g/mol. The molecule has 13 nitrogen and oxygen atoms in total. The van der Waals surface area contributed by atoms with E-state index in [0.29, 0.717) is 10.9 Å². The highest BCUT2D eigenvalue weighted by atomic mass is 32.2. The summed E-state index contributed by atoms with van der Waals surface area (Å²) in [6.07, 6.45) is -1.97. The first-order valence-electron chi connectivity index (χ1n) is 17.6. The number of amides is 3. The summed E-state index contributed by atoms with van der Waals surface area (Å²) in [5.74, 6) is -0.216. The largest absolute Gasteiger partial charge is 0.445 e. The summed E-state index contributed by atoms with van der Waals surface area (Å²) < 4.78 is 20.1. The zero-order valence-electron chi connectivity index (χ0n) is 29.8. The molecule has 2 saturated heterocycles. The molecule has 278 valence electrons. The lowest BCUT2D eigenvalue weighted by molar-refractivity contribution is -0.268. The van der Waals surface area contributed by atoms with Gasteiger partial charge in [0.15, 0.2) is 6.29 Å². The summed E-state index contributed by atoms with van der Waals surface area (Å²) in [6, 6.07) is 31.6. The molecule has 0 bridgehead atoms. The predicted octanol–water partition coefficient (Wildman–Crippen LogP) is 5.51. The van der Waals surface area contributed by atoms with E-state index in [2.05, 4.69) is 27.8 Å². The van der Waals surface area contributed by atoms with Gasteiger partial charge in [-0.1, -0.05) is 116 Å². The van der Waals surface area contributed by atoms with Crippen LogP contribution in [0.1, 0.15) is 53.6 Å². The molecule has 14 heteroatoms. The molecule has 2 fully saturated rings. The summed E-state index contributed by atoms with van der Waals surface area (Å²) in [5.41, 5.74) is 6.10. The maximum atomic E-state index is 13.2. The maximum Gasteiger partial charge on any atom is 0.408 e. The number of hydrogen-bond acceptors (Lipinski definition) is 11. The van der Waals surface area contributed by atoms with Crippen molar-refractivity contribution in [3.63, 3.8) is 0 Å². The Labute approximate surface area is 316 Å². The molecule has 5 atom stereocenters. The molecular weight excluding hydrogens is 709 g/mol.